The number of thiophene rings is 1. The van der Waals surface area contributed by atoms with Gasteiger partial charge in [0.2, 0.25) is 10.0 Å². The van der Waals surface area contributed by atoms with Crippen molar-refractivity contribution in [2.24, 2.45) is 5.41 Å². The van der Waals surface area contributed by atoms with Crippen molar-refractivity contribution in [1.82, 2.24) is 4.31 Å². The number of anilines is 1. The highest BCUT2D eigenvalue weighted by Crippen LogP contribution is 2.40. The summed E-state index contributed by atoms with van der Waals surface area (Å²) in [4.78, 5) is 2.28. The summed E-state index contributed by atoms with van der Waals surface area (Å²) in [5.41, 5.74) is 2.00. The van der Waals surface area contributed by atoms with E-state index in [1.54, 1.807) is 6.92 Å². The molecule has 0 bridgehead atoms. The van der Waals surface area contributed by atoms with E-state index < -0.39 is 25.1 Å². The minimum Gasteiger partial charge on any atom is -0.371 e. The molecular weight excluding hydrogens is 440 g/mol. The Morgan fingerprint density at radius 2 is 1.67 bits per heavy atom. The van der Waals surface area contributed by atoms with Crippen molar-refractivity contribution in [2.75, 3.05) is 32.1 Å². The van der Waals surface area contributed by atoms with Gasteiger partial charge in [-0.2, -0.15) is 0 Å². The molecule has 1 aliphatic rings. The van der Waals surface area contributed by atoms with E-state index in [4.69, 9.17) is 0 Å². The summed E-state index contributed by atoms with van der Waals surface area (Å²) >= 11 is 0.958. The van der Waals surface area contributed by atoms with E-state index in [0.29, 0.717) is 5.41 Å². The normalized spacial score (nSPS) is 18.5. The number of benzene rings is 1. The Bertz CT molecular complexity index is 1110. The Labute approximate surface area is 184 Å². The van der Waals surface area contributed by atoms with E-state index >= 15 is 0 Å². The first-order chi connectivity index (χ1) is 13.9. The quantitative estimate of drug-likeness (QED) is 0.634. The maximum Gasteiger partial charge on any atom is 0.243 e. The number of piperidine rings is 1. The topological polar surface area (TPSA) is 74.8 Å². The number of sulfonamides is 1. The van der Waals surface area contributed by atoms with Crippen LogP contribution >= 0.6 is 11.3 Å². The zero-order chi connectivity index (χ0) is 22.3. The van der Waals surface area contributed by atoms with E-state index in [2.05, 4.69) is 18.7 Å². The molecule has 2 aromatic rings. The molecule has 1 atom stereocenters. The van der Waals surface area contributed by atoms with Gasteiger partial charge in [0, 0.05) is 38.3 Å². The second kappa shape index (κ2) is 8.26. The third kappa shape index (κ3) is 4.44. The summed E-state index contributed by atoms with van der Waals surface area (Å²) in [6, 6.07) is 8.91. The molecule has 0 aliphatic carbocycles. The van der Waals surface area contributed by atoms with Crippen LogP contribution in [0.3, 0.4) is 0 Å². The van der Waals surface area contributed by atoms with Gasteiger partial charge in [-0.1, -0.05) is 32.0 Å². The molecule has 6 nitrogen and oxygen atoms in total. The summed E-state index contributed by atoms with van der Waals surface area (Å²) in [6.45, 7) is 7.99. The average molecular weight is 471 g/mol. The minimum atomic E-state index is -3.73. The van der Waals surface area contributed by atoms with Crippen LogP contribution in [0.5, 0.6) is 0 Å². The van der Waals surface area contributed by atoms with Crippen molar-refractivity contribution >= 4 is 36.9 Å². The molecule has 0 radical (unpaired) electrons. The van der Waals surface area contributed by atoms with Crippen LogP contribution in [-0.4, -0.2) is 48.3 Å². The van der Waals surface area contributed by atoms with Crippen LogP contribution in [-0.2, 0) is 19.9 Å². The monoisotopic (exact) mass is 470 g/mol. The fraction of sp³-hybridized carbons (Fsp3) is 0.524. The molecule has 9 heteroatoms. The second-order valence-electron chi connectivity index (χ2n) is 8.79. The number of nitrogens with zero attached hydrogens (tertiary/aromatic N) is 2. The van der Waals surface area contributed by atoms with Crippen LogP contribution in [0.2, 0.25) is 0 Å². The Hall–Kier alpha value is -1.42. The molecule has 1 aliphatic heterocycles. The van der Waals surface area contributed by atoms with Gasteiger partial charge in [-0.05, 0) is 42.9 Å². The van der Waals surface area contributed by atoms with E-state index in [0.717, 1.165) is 52.8 Å². The summed E-state index contributed by atoms with van der Waals surface area (Å²) in [6.07, 6.45) is 2.11. The average Bonchev–Trinajstić information content (AvgIpc) is 3.19. The van der Waals surface area contributed by atoms with Crippen molar-refractivity contribution in [3.8, 4) is 0 Å². The van der Waals surface area contributed by atoms with Crippen molar-refractivity contribution in [1.29, 1.82) is 0 Å². The van der Waals surface area contributed by atoms with Gasteiger partial charge in [-0.3, -0.25) is 0 Å². The van der Waals surface area contributed by atoms with Crippen LogP contribution in [0, 0.1) is 5.41 Å². The molecule has 0 amide bonds. The predicted octanol–water partition coefficient (Wildman–Crippen LogP) is 4.16. The molecule has 0 saturated carbocycles. The van der Waals surface area contributed by atoms with Gasteiger partial charge in [0.25, 0.3) is 0 Å². The molecule has 1 unspecified atom stereocenters. The number of hydrogen-bond acceptors (Lipinski definition) is 6. The smallest absolute Gasteiger partial charge is 0.243 e. The van der Waals surface area contributed by atoms with Crippen molar-refractivity contribution in [3.05, 3.63) is 41.3 Å². The number of para-hydroxylation sites is 1. The van der Waals surface area contributed by atoms with E-state index in [1.165, 1.54) is 25.5 Å². The lowest BCUT2D eigenvalue weighted by molar-refractivity contribution is 0.279. The van der Waals surface area contributed by atoms with Gasteiger partial charge in [0.15, 0.2) is 9.84 Å². The fourth-order valence-corrected chi connectivity index (χ4v) is 7.86. The maximum absolute atomic E-state index is 13.4. The lowest BCUT2D eigenvalue weighted by atomic mass is 9.82. The zero-order valence-electron chi connectivity index (χ0n) is 18.1. The Morgan fingerprint density at radius 3 is 2.27 bits per heavy atom. The molecular formula is C21H30N2O4S3. The van der Waals surface area contributed by atoms with Crippen LogP contribution < -0.4 is 4.90 Å². The third-order valence-corrected chi connectivity index (χ3v) is 11.4. The van der Waals surface area contributed by atoms with Crippen LogP contribution in [0.4, 0.5) is 5.69 Å². The lowest BCUT2D eigenvalue weighted by Gasteiger charge is -2.39. The molecule has 0 N–H and O–H groups in total. The molecule has 2 heterocycles. The van der Waals surface area contributed by atoms with Gasteiger partial charge < -0.3 is 4.90 Å². The molecule has 1 aromatic heterocycles. The highest BCUT2D eigenvalue weighted by atomic mass is 32.2. The van der Waals surface area contributed by atoms with E-state index in [-0.39, 0.29) is 9.10 Å². The van der Waals surface area contributed by atoms with E-state index in [9.17, 15) is 16.8 Å². The van der Waals surface area contributed by atoms with Gasteiger partial charge in [0.05, 0.1) is 10.1 Å². The van der Waals surface area contributed by atoms with Gasteiger partial charge in [0.1, 0.15) is 4.21 Å². The predicted molar refractivity (Wildman–Crippen MR) is 122 cm³/mol. The largest absolute Gasteiger partial charge is 0.371 e. The van der Waals surface area contributed by atoms with Gasteiger partial charge in [-0.15, -0.1) is 11.3 Å². The first kappa shape index (κ1) is 23.2. The number of hydrogen-bond donors (Lipinski definition) is 0. The maximum atomic E-state index is 13.4. The standard InChI is InChI=1S/C21H30N2O4S3/c1-16(29(24,25)20-14-17(15-28-20)30(26,27)22(4)5)18-8-6-7-9-19(18)23-12-10-21(2,3)11-13-23/h6-9,14-16H,10-13H2,1-5H3. The zero-order valence-corrected chi connectivity index (χ0v) is 20.6. The molecule has 30 heavy (non-hydrogen) atoms. The molecule has 1 saturated heterocycles. The first-order valence-electron chi connectivity index (χ1n) is 9.95. The summed E-state index contributed by atoms with van der Waals surface area (Å²) in [7, 11) is -4.54. The SMILES string of the molecule is CC(c1ccccc1N1CCC(C)(C)CC1)S(=O)(=O)c1cc(S(=O)(=O)N(C)C)cs1. The van der Waals surface area contributed by atoms with Crippen molar-refractivity contribution < 1.29 is 16.8 Å². The second-order valence-corrected chi connectivity index (χ2v) is 14.3. The molecule has 0 spiro atoms. The van der Waals surface area contributed by atoms with E-state index in [1.807, 2.05) is 24.3 Å². The van der Waals surface area contributed by atoms with Crippen LogP contribution in [0.15, 0.2) is 44.8 Å². The molecule has 3 rings (SSSR count). The molecule has 1 aromatic carbocycles. The summed E-state index contributed by atoms with van der Waals surface area (Å²) in [5, 5.41) is 0.616. The molecule has 166 valence electrons. The Balaban J connectivity index is 1.94. The Kier molecular flexibility index (Phi) is 6.40. The highest BCUT2D eigenvalue weighted by molar-refractivity contribution is 7.94. The fourth-order valence-electron chi connectivity index (χ4n) is 3.61. The highest BCUT2D eigenvalue weighted by Gasteiger charge is 2.33. The Morgan fingerprint density at radius 1 is 1.07 bits per heavy atom. The lowest BCUT2D eigenvalue weighted by Crippen LogP contribution is -2.38. The first-order valence-corrected chi connectivity index (χ1v) is 13.8. The third-order valence-electron chi connectivity index (χ3n) is 5.91. The van der Waals surface area contributed by atoms with Crippen molar-refractivity contribution in [2.45, 2.75) is 48.0 Å². The van der Waals surface area contributed by atoms with Gasteiger partial charge in [-0.25, -0.2) is 21.1 Å². The van der Waals surface area contributed by atoms with Gasteiger partial charge >= 0.3 is 0 Å². The van der Waals surface area contributed by atoms with Crippen LogP contribution in [0.25, 0.3) is 0 Å². The summed E-state index contributed by atoms with van der Waals surface area (Å²) < 4.78 is 52.6. The molecule has 1 fully saturated rings. The minimum absolute atomic E-state index is 0.00909. The van der Waals surface area contributed by atoms with Crippen molar-refractivity contribution in [3.63, 3.8) is 0 Å². The number of rotatable bonds is 6. The summed E-state index contributed by atoms with van der Waals surface area (Å²) in [5.74, 6) is 0. The number of sulfone groups is 1. The van der Waals surface area contributed by atoms with Crippen LogP contribution in [0.1, 0.15) is 44.4 Å².